The highest BCUT2D eigenvalue weighted by molar-refractivity contribution is 5.15. The largest absolute Gasteiger partial charge is 0.515 e. The highest BCUT2D eigenvalue weighted by Crippen LogP contribution is 2.21. The van der Waals surface area contributed by atoms with Crippen LogP contribution in [0.1, 0.15) is 6.42 Å². The Morgan fingerprint density at radius 2 is 1.23 bits per heavy atom. The number of hydrogen-bond donors (Lipinski definition) is 2. The van der Waals surface area contributed by atoms with Gasteiger partial charge in [0.1, 0.15) is 0 Å². The van der Waals surface area contributed by atoms with Crippen molar-refractivity contribution in [3.05, 3.63) is 23.7 Å². The Balaban J connectivity index is 4.40. The van der Waals surface area contributed by atoms with E-state index in [0.29, 0.717) is 0 Å². The minimum Gasteiger partial charge on any atom is -0.515 e. The van der Waals surface area contributed by atoms with Crippen LogP contribution in [-0.4, -0.2) is 23.1 Å². The molecule has 0 aliphatic rings. The Bertz CT molecular complexity index is 189. The third kappa shape index (κ3) is 3.82. The van der Waals surface area contributed by atoms with Crippen LogP contribution < -0.4 is 0 Å². The van der Waals surface area contributed by atoms with Gasteiger partial charge >= 0.3 is 0 Å². The molecule has 0 spiro atoms. The van der Waals surface area contributed by atoms with Crippen LogP contribution >= 0.6 is 0 Å². The van der Waals surface area contributed by atoms with Crippen molar-refractivity contribution in [3.8, 4) is 0 Å². The zero-order valence-electron chi connectivity index (χ0n) is 6.42. The molecule has 0 radical (unpaired) electrons. The van der Waals surface area contributed by atoms with Crippen LogP contribution in [0.5, 0.6) is 0 Å². The Kier molecular flexibility index (Phi) is 4.94. The highest BCUT2D eigenvalue weighted by Gasteiger charge is 2.18. The molecule has 0 saturated carbocycles. The molecule has 0 amide bonds. The van der Waals surface area contributed by atoms with Crippen LogP contribution in [-0.2, 0) is 0 Å². The van der Waals surface area contributed by atoms with E-state index in [9.17, 15) is 17.6 Å². The van der Waals surface area contributed by atoms with Crippen LogP contribution in [0.4, 0.5) is 17.6 Å². The van der Waals surface area contributed by atoms with Crippen LogP contribution in [0.15, 0.2) is 23.7 Å². The van der Waals surface area contributed by atoms with Gasteiger partial charge in [0.15, 0.2) is 0 Å². The Labute approximate surface area is 71.8 Å². The second-order valence-electron chi connectivity index (χ2n) is 2.19. The minimum absolute atomic E-state index is 0.0660. The van der Waals surface area contributed by atoms with Gasteiger partial charge in [0.2, 0.25) is 0 Å². The van der Waals surface area contributed by atoms with Gasteiger partial charge in [0, 0.05) is 17.6 Å². The van der Waals surface area contributed by atoms with Crippen molar-refractivity contribution < 1.29 is 27.8 Å². The summed E-state index contributed by atoms with van der Waals surface area (Å²) in [5, 5.41) is 16.5. The molecule has 0 aliphatic heterocycles. The molecule has 0 aromatic carbocycles. The van der Waals surface area contributed by atoms with E-state index in [-0.39, 0.29) is 12.5 Å². The predicted octanol–water partition coefficient (Wildman–Crippen LogP) is 2.79. The lowest BCUT2D eigenvalue weighted by atomic mass is 10.1. The van der Waals surface area contributed by atoms with E-state index in [2.05, 4.69) is 0 Å². The SMILES string of the molecule is O/C=C(/C/C(=C\O)C(F)F)C(F)F. The van der Waals surface area contributed by atoms with E-state index < -0.39 is 30.4 Å². The first-order valence-corrected chi connectivity index (χ1v) is 3.25. The molecule has 6 heteroatoms. The number of rotatable bonds is 4. The molecule has 0 bridgehead atoms. The first-order chi connectivity index (χ1) is 6.02. The number of allylic oxidation sites excluding steroid dienone is 2. The smallest absolute Gasteiger partial charge is 0.263 e. The summed E-state index contributed by atoms with van der Waals surface area (Å²) in [6.45, 7) is 0. The van der Waals surface area contributed by atoms with Crippen LogP contribution in [0.25, 0.3) is 0 Å². The van der Waals surface area contributed by atoms with Crippen molar-refractivity contribution >= 4 is 0 Å². The first-order valence-electron chi connectivity index (χ1n) is 3.25. The van der Waals surface area contributed by atoms with Gasteiger partial charge in [-0.3, -0.25) is 0 Å². The number of alkyl halides is 4. The van der Waals surface area contributed by atoms with Gasteiger partial charge < -0.3 is 10.2 Å². The van der Waals surface area contributed by atoms with E-state index in [1.54, 1.807) is 0 Å². The maximum atomic E-state index is 11.9. The fourth-order valence-electron chi connectivity index (χ4n) is 0.594. The molecule has 2 nitrogen and oxygen atoms in total. The molecule has 0 aromatic heterocycles. The van der Waals surface area contributed by atoms with Crippen molar-refractivity contribution in [2.45, 2.75) is 19.3 Å². The van der Waals surface area contributed by atoms with Crippen LogP contribution in [0, 0.1) is 0 Å². The lowest BCUT2D eigenvalue weighted by Gasteiger charge is -2.06. The van der Waals surface area contributed by atoms with E-state index in [0.717, 1.165) is 0 Å². The van der Waals surface area contributed by atoms with E-state index in [1.165, 1.54) is 0 Å². The molecule has 0 rings (SSSR count). The molecule has 0 atom stereocenters. The quantitative estimate of drug-likeness (QED) is 0.541. The van der Waals surface area contributed by atoms with E-state index >= 15 is 0 Å². The maximum absolute atomic E-state index is 11.9. The fourth-order valence-corrected chi connectivity index (χ4v) is 0.594. The van der Waals surface area contributed by atoms with Crippen molar-refractivity contribution in [1.29, 1.82) is 0 Å². The van der Waals surface area contributed by atoms with Gasteiger partial charge in [0.05, 0.1) is 12.5 Å². The summed E-state index contributed by atoms with van der Waals surface area (Å²) in [5.74, 6) is 0. The first kappa shape index (κ1) is 11.8. The topological polar surface area (TPSA) is 40.5 Å². The van der Waals surface area contributed by atoms with Gasteiger partial charge in [-0.1, -0.05) is 0 Å². The third-order valence-electron chi connectivity index (χ3n) is 1.30. The number of hydrogen-bond acceptors (Lipinski definition) is 2. The fraction of sp³-hybridized carbons (Fsp3) is 0.429. The summed E-state index contributed by atoms with van der Waals surface area (Å²) in [6.07, 6.45) is -6.74. The Morgan fingerprint density at radius 1 is 0.923 bits per heavy atom. The Morgan fingerprint density at radius 3 is 1.38 bits per heavy atom. The second-order valence-corrected chi connectivity index (χ2v) is 2.19. The van der Waals surface area contributed by atoms with Gasteiger partial charge in [-0.05, 0) is 0 Å². The molecule has 76 valence electrons. The third-order valence-corrected chi connectivity index (χ3v) is 1.30. The molecule has 2 N–H and O–H groups in total. The number of aliphatic hydroxyl groups is 2. The highest BCUT2D eigenvalue weighted by atomic mass is 19.3. The van der Waals surface area contributed by atoms with Crippen molar-refractivity contribution in [3.63, 3.8) is 0 Å². The van der Waals surface area contributed by atoms with Gasteiger partial charge in [-0.2, -0.15) is 0 Å². The summed E-state index contributed by atoms with van der Waals surface area (Å²) < 4.78 is 47.5. The summed E-state index contributed by atoms with van der Waals surface area (Å²) in [5.41, 5.74) is -1.72. The maximum Gasteiger partial charge on any atom is 0.263 e. The van der Waals surface area contributed by atoms with Gasteiger partial charge in [0.25, 0.3) is 12.9 Å². The standard InChI is InChI=1S/C7H8F4O2/c8-6(9)4(2-12)1-5(3-13)7(10)11/h2-3,6-7,12-13H,1H2/b4-2-,5-3+. The summed E-state index contributed by atoms with van der Waals surface area (Å²) in [7, 11) is 0. The van der Waals surface area contributed by atoms with Gasteiger partial charge in [-0.15, -0.1) is 0 Å². The second kappa shape index (κ2) is 5.45. The lowest BCUT2D eigenvalue weighted by Crippen LogP contribution is -2.04. The minimum atomic E-state index is -3.02. The molecule has 0 heterocycles. The molecule has 0 fully saturated rings. The van der Waals surface area contributed by atoms with Crippen molar-refractivity contribution in [1.82, 2.24) is 0 Å². The van der Waals surface area contributed by atoms with Crippen LogP contribution in [0.3, 0.4) is 0 Å². The Hall–Kier alpha value is -1.20. The molecule has 0 aromatic rings. The molecule has 0 saturated heterocycles. The number of halogens is 4. The van der Waals surface area contributed by atoms with Crippen molar-refractivity contribution in [2.75, 3.05) is 0 Å². The van der Waals surface area contributed by atoms with E-state index in [4.69, 9.17) is 10.2 Å². The predicted molar refractivity (Wildman–Crippen MR) is 38.0 cm³/mol. The van der Waals surface area contributed by atoms with Crippen LogP contribution in [0.2, 0.25) is 0 Å². The van der Waals surface area contributed by atoms with Crippen molar-refractivity contribution in [2.24, 2.45) is 0 Å². The average Bonchev–Trinajstić information content (AvgIpc) is 2.05. The normalized spacial score (nSPS) is 14.3. The summed E-state index contributed by atoms with van der Waals surface area (Å²) in [4.78, 5) is 0. The summed E-state index contributed by atoms with van der Waals surface area (Å²) >= 11 is 0. The average molecular weight is 200 g/mol. The molecule has 13 heavy (non-hydrogen) atoms. The summed E-state index contributed by atoms with van der Waals surface area (Å²) in [6, 6.07) is 0. The van der Waals surface area contributed by atoms with E-state index in [1.807, 2.05) is 0 Å². The zero-order valence-corrected chi connectivity index (χ0v) is 6.42. The molecular formula is C7H8F4O2. The molecule has 0 aliphatic carbocycles. The number of aliphatic hydroxyl groups excluding tert-OH is 2. The monoisotopic (exact) mass is 200 g/mol. The molecule has 0 unspecified atom stereocenters. The molecular weight excluding hydrogens is 192 g/mol. The lowest BCUT2D eigenvalue weighted by molar-refractivity contribution is 0.165. The van der Waals surface area contributed by atoms with Gasteiger partial charge in [-0.25, -0.2) is 17.6 Å². The zero-order chi connectivity index (χ0) is 10.4.